The molecule has 0 amide bonds. The highest BCUT2D eigenvalue weighted by molar-refractivity contribution is 9.10. The molecule has 0 saturated carbocycles. The Morgan fingerprint density at radius 2 is 2.33 bits per heavy atom. The fourth-order valence-electron chi connectivity index (χ4n) is 3.09. The van der Waals surface area contributed by atoms with E-state index in [9.17, 15) is 0 Å². The first-order valence-corrected chi connectivity index (χ1v) is 8.31. The molecule has 2 atom stereocenters. The van der Waals surface area contributed by atoms with E-state index in [1.165, 1.54) is 5.56 Å². The summed E-state index contributed by atoms with van der Waals surface area (Å²) in [5.74, 6) is 0.935. The molecule has 3 rings (SSSR count). The van der Waals surface area contributed by atoms with Gasteiger partial charge in [-0.3, -0.25) is 0 Å². The standard InChI is InChI=1S/C16H22BrNO3/c1-18-10-12-8-13(2-3-15(12)17)21-14-4-6-20-16(9-14)5-7-19-11-16/h2-3,8,14,18H,4-7,9-11H2,1H3. The van der Waals surface area contributed by atoms with Gasteiger partial charge >= 0.3 is 0 Å². The highest BCUT2D eigenvalue weighted by Crippen LogP contribution is 2.35. The van der Waals surface area contributed by atoms with Gasteiger partial charge in [-0.05, 0) is 30.8 Å². The summed E-state index contributed by atoms with van der Waals surface area (Å²) in [7, 11) is 1.95. The fourth-order valence-corrected chi connectivity index (χ4v) is 3.48. The summed E-state index contributed by atoms with van der Waals surface area (Å²) < 4.78 is 18.8. The van der Waals surface area contributed by atoms with Gasteiger partial charge in [-0.1, -0.05) is 15.9 Å². The molecule has 0 aliphatic carbocycles. The minimum Gasteiger partial charge on any atom is -0.490 e. The van der Waals surface area contributed by atoms with Crippen LogP contribution < -0.4 is 10.1 Å². The van der Waals surface area contributed by atoms with Crippen LogP contribution in [-0.4, -0.2) is 38.6 Å². The zero-order chi connectivity index (χ0) is 14.7. The average molecular weight is 356 g/mol. The zero-order valence-electron chi connectivity index (χ0n) is 12.4. The van der Waals surface area contributed by atoms with Crippen LogP contribution in [-0.2, 0) is 16.0 Å². The Labute approximate surface area is 134 Å². The van der Waals surface area contributed by atoms with Crippen LogP contribution in [0.3, 0.4) is 0 Å². The predicted molar refractivity (Wildman–Crippen MR) is 84.7 cm³/mol. The van der Waals surface area contributed by atoms with Crippen molar-refractivity contribution >= 4 is 15.9 Å². The van der Waals surface area contributed by atoms with E-state index in [1.54, 1.807) is 0 Å². The van der Waals surface area contributed by atoms with Gasteiger partial charge in [0.15, 0.2) is 0 Å². The van der Waals surface area contributed by atoms with E-state index >= 15 is 0 Å². The van der Waals surface area contributed by atoms with Crippen LogP contribution in [0.2, 0.25) is 0 Å². The number of benzene rings is 1. The molecule has 0 aromatic heterocycles. The zero-order valence-corrected chi connectivity index (χ0v) is 13.9. The van der Waals surface area contributed by atoms with Crippen LogP contribution in [0.1, 0.15) is 24.8 Å². The second-order valence-electron chi connectivity index (χ2n) is 5.85. The lowest BCUT2D eigenvalue weighted by atomic mass is 9.91. The molecule has 4 nitrogen and oxygen atoms in total. The highest BCUT2D eigenvalue weighted by atomic mass is 79.9. The van der Waals surface area contributed by atoms with Crippen molar-refractivity contribution in [2.24, 2.45) is 0 Å². The molecule has 2 aliphatic rings. The smallest absolute Gasteiger partial charge is 0.120 e. The molecular formula is C16H22BrNO3. The number of hydrogen-bond donors (Lipinski definition) is 1. The first-order chi connectivity index (χ1) is 10.2. The van der Waals surface area contributed by atoms with Gasteiger partial charge in [0.2, 0.25) is 0 Å². The number of nitrogens with one attached hydrogen (secondary N) is 1. The van der Waals surface area contributed by atoms with Gasteiger partial charge in [-0.2, -0.15) is 0 Å². The molecule has 1 aromatic rings. The van der Waals surface area contributed by atoms with Crippen molar-refractivity contribution in [2.45, 2.75) is 37.5 Å². The van der Waals surface area contributed by atoms with Gasteiger partial charge in [-0.25, -0.2) is 0 Å². The van der Waals surface area contributed by atoms with Gasteiger partial charge in [0.25, 0.3) is 0 Å². The normalized spacial score (nSPS) is 29.0. The Morgan fingerprint density at radius 3 is 3.10 bits per heavy atom. The fraction of sp³-hybridized carbons (Fsp3) is 0.625. The molecule has 21 heavy (non-hydrogen) atoms. The summed E-state index contributed by atoms with van der Waals surface area (Å²) in [6.07, 6.45) is 3.06. The molecular weight excluding hydrogens is 334 g/mol. The first-order valence-electron chi connectivity index (χ1n) is 7.52. The van der Waals surface area contributed by atoms with E-state index in [0.29, 0.717) is 6.61 Å². The van der Waals surface area contributed by atoms with E-state index < -0.39 is 0 Å². The van der Waals surface area contributed by atoms with Gasteiger partial charge in [-0.15, -0.1) is 0 Å². The molecule has 2 aliphatic heterocycles. The molecule has 116 valence electrons. The van der Waals surface area contributed by atoms with Crippen LogP contribution in [0.4, 0.5) is 0 Å². The Bertz CT molecular complexity index is 488. The Hall–Kier alpha value is -0.620. The molecule has 2 fully saturated rings. The second-order valence-corrected chi connectivity index (χ2v) is 6.70. The predicted octanol–water partition coefficient (Wildman–Crippen LogP) is 2.89. The van der Waals surface area contributed by atoms with Crippen molar-refractivity contribution in [1.29, 1.82) is 0 Å². The van der Waals surface area contributed by atoms with Gasteiger partial charge in [0.1, 0.15) is 11.9 Å². The van der Waals surface area contributed by atoms with Crippen molar-refractivity contribution in [3.63, 3.8) is 0 Å². The van der Waals surface area contributed by atoms with Crippen molar-refractivity contribution in [3.05, 3.63) is 28.2 Å². The van der Waals surface area contributed by atoms with Crippen LogP contribution >= 0.6 is 15.9 Å². The maximum atomic E-state index is 6.20. The molecule has 5 heteroatoms. The van der Waals surface area contributed by atoms with Crippen molar-refractivity contribution in [1.82, 2.24) is 5.32 Å². The van der Waals surface area contributed by atoms with Crippen LogP contribution in [0.5, 0.6) is 5.75 Å². The van der Waals surface area contributed by atoms with Crippen LogP contribution in [0, 0.1) is 0 Å². The van der Waals surface area contributed by atoms with Crippen molar-refractivity contribution in [3.8, 4) is 5.75 Å². The third-order valence-electron chi connectivity index (χ3n) is 4.20. The minimum absolute atomic E-state index is 0.105. The summed E-state index contributed by atoms with van der Waals surface area (Å²) in [6.45, 7) is 3.09. The lowest BCUT2D eigenvalue weighted by molar-refractivity contribution is -0.112. The molecule has 0 bridgehead atoms. The SMILES string of the molecule is CNCc1cc(OC2CCOC3(CCOC3)C2)ccc1Br. The molecule has 1 spiro atoms. The maximum absolute atomic E-state index is 6.20. The first kappa shape index (κ1) is 15.3. The molecule has 1 aromatic carbocycles. The summed E-state index contributed by atoms with van der Waals surface area (Å²) in [4.78, 5) is 0. The Kier molecular flexibility index (Phi) is 4.84. The summed E-state index contributed by atoms with van der Waals surface area (Å²) >= 11 is 3.57. The third-order valence-corrected chi connectivity index (χ3v) is 4.98. The van der Waals surface area contributed by atoms with Crippen molar-refractivity contribution in [2.75, 3.05) is 26.9 Å². The largest absolute Gasteiger partial charge is 0.490 e. The van der Waals surface area contributed by atoms with Gasteiger partial charge < -0.3 is 19.5 Å². The maximum Gasteiger partial charge on any atom is 0.120 e. The van der Waals surface area contributed by atoms with E-state index in [2.05, 4.69) is 33.4 Å². The molecule has 2 saturated heterocycles. The summed E-state index contributed by atoms with van der Waals surface area (Å²) in [5.41, 5.74) is 1.10. The van der Waals surface area contributed by atoms with Gasteiger partial charge in [0.05, 0.1) is 18.8 Å². The van der Waals surface area contributed by atoms with Crippen LogP contribution in [0.15, 0.2) is 22.7 Å². The molecule has 2 unspecified atom stereocenters. The number of halogens is 1. The molecule has 2 heterocycles. The topological polar surface area (TPSA) is 39.7 Å². The van der Waals surface area contributed by atoms with Gasteiger partial charge in [0, 0.05) is 36.9 Å². The number of ether oxygens (including phenoxy) is 3. The van der Waals surface area contributed by atoms with Crippen LogP contribution in [0.25, 0.3) is 0 Å². The lowest BCUT2D eigenvalue weighted by Gasteiger charge is -2.37. The van der Waals surface area contributed by atoms with E-state index in [1.807, 2.05) is 13.1 Å². The average Bonchev–Trinajstić information content (AvgIpc) is 2.91. The van der Waals surface area contributed by atoms with E-state index in [4.69, 9.17) is 14.2 Å². The minimum atomic E-state index is -0.105. The third kappa shape index (κ3) is 3.59. The molecule has 1 N–H and O–H groups in total. The van der Waals surface area contributed by atoms with Crippen molar-refractivity contribution < 1.29 is 14.2 Å². The quantitative estimate of drug-likeness (QED) is 0.901. The number of rotatable bonds is 4. The second kappa shape index (κ2) is 6.65. The Morgan fingerprint density at radius 1 is 1.43 bits per heavy atom. The van der Waals surface area contributed by atoms with E-state index in [-0.39, 0.29) is 11.7 Å². The summed E-state index contributed by atoms with van der Waals surface area (Å²) in [5, 5.41) is 3.17. The number of hydrogen-bond acceptors (Lipinski definition) is 4. The molecule has 0 radical (unpaired) electrons. The van der Waals surface area contributed by atoms with E-state index in [0.717, 1.165) is 49.2 Å². The highest BCUT2D eigenvalue weighted by Gasteiger charge is 2.41. The Balaban J connectivity index is 1.67. The monoisotopic (exact) mass is 355 g/mol. The lowest BCUT2D eigenvalue weighted by Crippen LogP contribution is -2.44. The summed E-state index contributed by atoms with van der Waals surface area (Å²) in [6, 6.07) is 6.18.